The van der Waals surface area contributed by atoms with Crippen LogP contribution in [0.4, 0.5) is 0 Å². The van der Waals surface area contributed by atoms with Crippen molar-refractivity contribution in [2.24, 2.45) is 12.8 Å². The summed E-state index contributed by atoms with van der Waals surface area (Å²) in [5.74, 6) is 0. The highest BCUT2D eigenvalue weighted by Gasteiger charge is 2.21. The van der Waals surface area contributed by atoms with Crippen molar-refractivity contribution in [3.63, 3.8) is 0 Å². The van der Waals surface area contributed by atoms with Crippen LogP contribution in [0.25, 0.3) is 10.9 Å². The van der Waals surface area contributed by atoms with Crippen molar-refractivity contribution in [1.82, 2.24) is 9.47 Å². The van der Waals surface area contributed by atoms with Gasteiger partial charge in [0, 0.05) is 43.2 Å². The van der Waals surface area contributed by atoms with E-state index < -0.39 is 0 Å². The summed E-state index contributed by atoms with van der Waals surface area (Å²) in [6.07, 6.45) is 2.26. The van der Waals surface area contributed by atoms with E-state index in [0.29, 0.717) is 0 Å². The summed E-state index contributed by atoms with van der Waals surface area (Å²) in [7, 11) is 2.19. The van der Waals surface area contributed by atoms with Crippen LogP contribution in [-0.4, -0.2) is 29.1 Å². The molecule has 3 rings (SSSR count). The van der Waals surface area contributed by atoms with E-state index in [1.54, 1.807) is 0 Å². The minimum atomic E-state index is 0.791. The van der Waals surface area contributed by atoms with Crippen molar-refractivity contribution >= 4 is 10.9 Å². The molecule has 1 aromatic heterocycles. The lowest BCUT2D eigenvalue weighted by Crippen LogP contribution is -2.32. The summed E-state index contributed by atoms with van der Waals surface area (Å²) in [6.45, 7) is 4.16. The van der Waals surface area contributed by atoms with Crippen LogP contribution in [-0.2, 0) is 20.0 Å². The molecular formula is C15H21N3. The van der Waals surface area contributed by atoms with E-state index in [1.165, 1.54) is 22.2 Å². The number of rotatable bonds is 3. The van der Waals surface area contributed by atoms with Crippen LogP contribution in [0, 0.1) is 0 Å². The first-order valence-electron chi connectivity index (χ1n) is 6.79. The number of hydrogen-bond donors (Lipinski definition) is 1. The van der Waals surface area contributed by atoms with E-state index in [1.807, 2.05) is 0 Å². The standard InChI is InChI=1S/C15H21N3/c1-17-14-6-3-2-5-12(14)13-11-18(9-4-8-16)10-7-15(13)17/h2-3,5-6H,4,7-11,16H2,1H3. The Hall–Kier alpha value is -1.32. The molecule has 1 aliphatic heterocycles. The Morgan fingerprint density at radius 3 is 2.94 bits per heavy atom. The minimum Gasteiger partial charge on any atom is -0.347 e. The fourth-order valence-electron chi connectivity index (χ4n) is 3.09. The molecule has 2 heterocycles. The summed E-state index contributed by atoms with van der Waals surface area (Å²) in [5.41, 5.74) is 10.0. The van der Waals surface area contributed by atoms with Gasteiger partial charge < -0.3 is 10.3 Å². The van der Waals surface area contributed by atoms with E-state index in [-0.39, 0.29) is 0 Å². The largest absolute Gasteiger partial charge is 0.347 e. The third kappa shape index (κ3) is 1.84. The van der Waals surface area contributed by atoms with Gasteiger partial charge in [-0.15, -0.1) is 0 Å². The molecule has 0 atom stereocenters. The monoisotopic (exact) mass is 243 g/mol. The van der Waals surface area contributed by atoms with Gasteiger partial charge in [0.15, 0.2) is 0 Å². The van der Waals surface area contributed by atoms with Crippen molar-refractivity contribution in [2.75, 3.05) is 19.6 Å². The molecule has 3 heteroatoms. The van der Waals surface area contributed by atoms with Crippen LogP contribution >= 0.6 is 0 Å². The summed E-state index contributed by atoms with van der Waals surface area (Å²) in [4.78, 5) is 2.53. The van der Waals surface area contributed by atoms with Gasteiger partial charge >= 0.3 is 0 Å². The van der Waals surface area contributed by atoms with Crippen molar-refractivity contribution in [1.29, 1.82) is 0 Å². The average Bonchev–Trinajstić information content (AvgIpc) is 2.71. The van der Waals surface area contributed by atoms with Gasteiger partial charge in [0.2, 0.25) is 0 Å². The molecule has 0 spiro atoms. The second-order valence-corrected chi connectivity index (χ2v) is 5.17. The molecule has 3 nitrogen and oxygen atoms in total. The molecule has 0 amide bonds. The maximum atomic E-state index is 5.60. The first-order valence-corrected chi connectivity index (χ1v) is 6.79. The van der Waals surface area contributed by atoms with Crippen LogP contribution in [0.15, 0.2) is 24.3 Å². The molecule has 0 bridgehead atoms. The van der Waals surface area contributed by atoms with Gasteiger partial charge in [0.1, 0.15) is 0 Å². The number of para-hydroxylation sites is 1. The van der Waals surface area contributed by atoms with Crippen LogP contribution in [0.5, 0.6) is 0 Å². The molecule has 96 valence electrons. The second-order valence-electron chi connectivity index (χ2n) is 5.17. The van der Waals surface area contributed by atoms with Crippen molar-refractivity contribution in [3.8, 4) is 0 Å². The highest BCUT2D eigenvalue weighted by Crippen LogP contribution is 2.29. The Kier molecular flexibility index (Phi) is 3.10. The molecule has 1 aliphatic rings. The number of aromatic nitrogens is 1. The average molecular weight is 243 g/mol. The first kappa shape index (κ1) is 11.8. The lowest BCUT2D eigenvalue weighted by atomic mass is 10.0. The summed E-state index contributed by atoms with van der Waals surface area (Å²) < 4.78 is 2.37. The lowest BCUT2D eigenvalue weighted by Gasteiger charge is -2.27. The minimum absolute atomic E-state index is 0.791. The van der Waals surface area contributed by atoms with E-state index in [9.17, 15) is 0 Å². The number of nitrogens with zero attached hydrogens (tertiary/aromatic N) is 2. The summed E-state index contributed by atoms with van der Waals surface area (Å²) in [6, 6.07) is 8.74. The Labute approximate surface area is 108 Å². The van der Waals surface area contributed by atoms with Gasteiger partial charge in [0.25, 0.3) is 0 Å². The number of aryl methyl sites for hydroxylation is 1. The highest BCUT2D eigenvalue weighted by molar-refractivity contribution is 5.85. The van der Waals surface area contributed by atoms with E-state index >= 15 is 0 Å². The SMILES string of the molecule is Cn1c2c(c3ccccc31)CN(CCCN)CC2. The highest BCUT2D eigenvalue weighted by atomic mass is 15.1. The molecule has 2 N–H and O–H groups in total. The van der Waals surface area contributed by atoms with Gasteiger partial charge in [-0.2, -0.15) is 0 Å². The Morgan fingerprint density at radius 1 is 1.28 bits per heavy atom. The predicted molar refractivity (Wildman–Crippen MR) is 75.6 cm³/mol. The predicted octanol–water partition coefficient (Wildman–Crippen LogP) is 1.89. The molecule has 0 fully saturated rings. The van der Waals surface area contributed by atoms with Crippen molar-refractivity contribution in [3.05, 3.63) is 35.5 Å². The smallest absolute Gasteiger partial charge is 0.0483 e. The summed E-state index contributed by atoms with van der Waals surface area (Å²) >= 11 is 0. The van der Waals surface area contributed by atoms with Gasteiger partial charge in [-0.3, -0.25) is 4.90 Å². The Morgan fingerprint density at radius 2 is 2.11 bits per heavy atom. The van der Waals surface area contributed by atoms with Crippen LogP contribution in [0.1, 0.15) is 17.7 Å². The molecular weight excluding hydrogens is 222 g/mol. The Balaban J connectivity index is 1.97. The van der Waals surface area contributed by atoms with Crippen LogP contribution in [0.2, 0.25) is 0 Å². The molecule has 0 unspecified atom stereocenters. The van der Waals surface area contributed by atoms with Gasteiger partial charge in [-0.1, -0.05) is 18.2 Å². The molecule has 18 heavy (non-hydrogen) atoms. The van der Waals surface area contributed by atoms with Crippen molar-refractivity contribution < 1.29 is 0 Å². The zero-order valence-corrected chi connectivity index (χ0v) is 11.0. The van der Waals surface area contributed by atoms with E-state index in [4.69, 9.17) is 5.73 Å². The number of nitrogens with two attached hydrogens (primary N) is 1. The van der Waals surface area contributed by atoms with Gasteiger partial charge in [-0.05, 0) is 31.1 Å². The fraction of sp³-hybridized carbons (Fsp3) is 0.467. The quantitative estimate of drug-likeness (QED) is 0.893. The molecule has 0 saturated carbocycles. The van der Waals surface area contributed by atoms with Crippen molar-refractivity contribution in [2.45, 2.75) is 19.4 Å². The topological polar surface area (TPSA) is 34.2 Å². The first-order chi connectivity index (χ1) is 8.81. The fourth-order valence-corrected chi connectivity index (χ4v) is 3.09. The summed E-state index contributed by atoms with van der Waals surface area (Å²) in [5, 5.41) is 1.42. The second kappa shape index (κ2) is 4.75. The maximum Gasteiger partial charge on any atom is 0.0483 e. The molecule has 0 saturated heterocycles. The Bertz CT molecular complexity index is 556. The van der Waals surface area contributed by atoms with E-state index in [0.717, 1.165) is 39.0 Å². The normalized spacial score (nSPS) is 16.1. The zero-order valence-electron chi connectivity index (χ0n) is 11.0. The molecule has 0 radical (unpaired) electrons. The van der Waals surface area contributed by atoms with Gasteiger partial charge in [0.05, 0.1) is 0 Å². The molecule has 2 aromatic rings. The number of benzene rings is 1. The number of hydrogen-bond acceptors (Lipinski definition) is 2. The number of fused-ring (bicyclic) bond motifs is 3. The maximum absolute atomic E-state index is 5.60. The third-order valence-corrected chi connectivity index (χ3v) is 4.07. The zero-order chi connectivity index (χ0) is 12.5. The van der Waals surface area contributed by atoms with Crippen LogP contribution < -0.4 is 5.73 Å². The molecule has 1 aromatic carbocycles. The third-order valence-electron chi connectivity index (χ3n) is 4.07. The van der Waals surface area contributed by atoms with Gasteiger partial charge in [-0.25, -0.2) is 0 Å². The van der Waals surface area contributed by atoms with E-state index in [2.05, 4.69) is 40.8 Å². The lowest BCUT2D eigenvalue weighted by molar-refractivity contribution is 0.251. The van der Waals surface area contributed by atoms with Crippen LogP contribution in [0.3, 0.4) is 0 Å². The molecule has 0 aliphatic carbocycles.